The van der Waals surface area contributed by atoms with Gasteiger partial charge in [0.15, 0.2) is 0 Å². The monoisotopic (exact) mass is 448 g/mol. The first kappa shape index (κ1) is 28.7. The third-order valence-corrected chi connectivity index (χ3v) is 3.54. The Balaban J connectivity index is 3.56. The first-order chi connectivity index (χ1) is 14.1. The van der Waals surface area contributed by atoms with Crippen LogP contribution in [0.15, 0.2) is 16.8 Å². The summed E-state index contributed by atoms with van der Waals surface area (Å²) in [6.45, 7) is 15.1. The number of carbonyl (C=O) groups excluding carboxylic acids is 1. The Labute approximate surface area is 187 Å². The van der Waals surface area contributed by atoms with Crippen molar-refractivity contribution < 1.29 is 28.5 Å². The van der Waals surface area contributed by atoms with Crippen LogP contribution >= 0.6 is 12.6 Å². The number of nitrogens with zero attached hydrogens (tertiary/aromatic N) is 1. The van der Waals surface area contributed by atoms with E-state index in [1.165, 1.54) is 5.55 Å². The molecule has 0 unspecified atom stereocenters. The highest BCUT2D eigenvalue weighted by atomic mass is 32.1. The summed E-state index contributed by atoms with van der Waals surface area (Å²) < 4.78 is 27.2. The van der Waals surface area contributed by atoms with Crippen LogP contribution in [-0.2, 0) is 23.7 Å². The second-order valence-corrected chi connectivity index (χ2v) is 8.21. The first-order valence-electron chi connectivity index (χ1n) is 10.3. The number of carbonyl (C=O) groups is 1. The van der Waals surface area contributed by atoms with Crippen LogP contribution in [-0.4, -0.2) is 75.6 Å². The van der Waals surface area contributed by atoms with E-state index < -0.39 is 11.7 Å². The van der Waals surface area contributed by atoms with Gasteiger partial charge in [-0.1, -0.05) is 6.92 Å². The predicted molar refractivity (Wildman–Crippen MR) is 123 cm³/mol. The molecule has 176 valence electrons. The summed E-state index contributed by atoms with van der Waals surface area (Å²) in [6.07, 6.45) is 2.34. The maximum Gasteiger partial charge on any atom is 0.407 e. The second kappa shape index (κ2) is 16.4. The fourth-order valence-corrected chi connectivity index (χ4v) is 2.44. The van der Waals surface area contributed by atoms with Crippen LogP contribution in [0.5, 0.6) is 0 Å². The fraction of sp³-hybridized carbons (Fsp3) is 0.810. The zero-order chi connectivity index (χ0) is 22.9. The molecular weight excluding hydrogens is 408 g/mol. The number of allylic oxidation sites excluding steroid dienone is 1. The summed E-state index contributed by atoms with van der Waals surface area (Å²) in [5.41, 5.74) is 0.661. The SMILES string of the molecule is CC/C(=C\C(C)(C)/N=C\S)OCCOCCOCCOCCNC(=O)OC(C)(C)C. The lowest BCUT2D eigenvalue weighted by molar-refractivity contribution is 0.00426. The van der Waals surface area contributed by atoms with Gasteiger partial charge in [0.2, 0.25) is 0 Å². The van der Waals surface area contributed by atoms with E-state index in [2.05, 4.69) is 22.9 Å². The molecule has 0 aromatic heterocycles. The summed E-state index contributed by atoms with van der Waals surface area (Å²) in [6, 6.07) is 0. The van der Waals surface area contributed by atoms with Crippen LogP contribution < -0.4 is 5.32 Å². The normalized spacial score (nSPS) is 13.0. The van der Waals surface area contributed by atoms with Crippen molar-refractivity contribution in [1.29, 1.82) is 0 Å². The van der Waals surface area contributed by atoms with Gasteiger partial charge >= 0.3 is 6.09 Å². The van der Waals surface area contributed by atoms with Gasteiger partial charge in [-0.15, -0.1) is 12.6 Å². The van der Waals surface area contributed by atoms with Crippen LogP contribution in [0.2, 0.25) is 0 Å². The number of aliphatic imine (C=N–C) groups is 1. The number of hydrogen-bond donors (Lipinski definition) is 2. The molecule has 0 heterocycles. The third kappa shape index (κ3) is 18.7. The van der Waals surface area contributed by atoms with Gasteiger partial charge in [0, 0.05) is 13.0 Å². The smallest absolute Gasteiger partial charge is 0.407 e. The number of ether oxygens (including phenoxy) is 5. The van der Waals surface area contributed by atoms with Gasteiger partial charge in [0.05, 0.1) is 56.5 Å². The molecule has 0 spiro atoms. The maximum atomic E-state index is 11.4. The van der Waals surface area contributed by atoms with Crippen LogP contribution in [0.4, 0.5) is 4.79 Å². The molecule has 0 fully saturated rings. The van der Waals surface area contributed by atoms with Gasteiger partial charge in [-0.05, 0) is 40.7 Å². The number of hydrogen-bond acceptors (Lipinski definition) is 7. The van der Waals surface area contributed by atoms with Crippen LogP contribution in [0.3, 0.4) is 0 Å². The Morgan fingerprint density at radius 3 is 1.97 bits per heavy atom. The van der Waals surface area contributed by atoms with Crippen molar-refractivity contribution in [2.24, 2.45) is 4.99 Å². The Morgan fingerprint density at radius 1 is 0.933 bits per heavy atom. The summed E-state index contributed by atoms with van der Waals surface area (Å²) in [4.78, 5) is 15.7. The van der Waals surface area contributed by atoms with E-state index in [1.807, 2.05) is 47.6 Å². The molecule has 1 amide bonds. The van der Waals surface area contributed by atoms with Crippen LogP contribution in [0.25, 0.3) is 0 Å². The molecular formula is C21H40N2O6S. The van der Waals surface area contributed by atoms with Crippen LogP contribution in [0.1, 0.15) is 48.0 Å². The third-order valence-electron chi connectivity index (χ3n) is 3.43. The highest BCUT2D eigenvalue weighted by molar-refractivity contribution is 7.94. The summed E-state index contributed by atoms with van der Waals surface area (Å²) in [7, 11) is 0. The van der Waals surface area contributed by atoms with Crippen molar-refractivity contribution in [1.82, 2.24) is 5.32 Å². The lowest BCUT2D eigenvalue weighted by Gasteiger charge is -2.19. The second-order valence-electron chi connectivity index (χ2n) is 7.98. The molecule has 0 saturated carbocycles. The Kier molecular flexibility index (Phi) is 15.7. The van der Waals surface area contributed by atoms with Crippen molar-refractivity contribution in [3.63, 3.8) is 0 Å². The van der Waals surface area contributed by atoms with Crippen molar-refractivity contribution in [2.45, 2.75) is 59.1 Å². The number of alkyl carbamates (subject to hydrolysis) is 1. The molecule has 0 bridgehead atoms. The Hall–Kier alpha value is -1.29. The number of rotatable bonds is 16. The summed E-state index contributed by atoms with van der Waals surface area (Å²) >= 11 is 4.02. The molecule has 30 heavy (non-hydrogen) atoms. The highest BCUT2D eigenvalue weighted by Gasteiger charge is 2.15. The van der Waals surface area contributed by atoms with E-state index in [9.17, 15) is 4.79 Å². The number of amides is 1. The standard InChI is InChI=1S/C21H40N2O6S/c1-7-18(16-21(5,6)23-17-30)28-15-14-27-13-12-26-11-10-25-9-8-22-19(24)29-20(2,3)4/h16-17H,7-15H2,1-6H3,(H,22,24)(H,23,30)/b18-16+. The fourth-order valence-electron chi connectivity index (χ4n) is 2.14. The molecule has 0 radical (unpaired) electrons. The predicted octanol–water partition coefficient (Wildman–Crippen LogP) is 3.61. The Bertz CT molecular complexity index is 518. The zero-order valence-corrected chi connectivity index (χ0v) is 20.3. The lowest BCUT2D eigenvalue weighted by atomic mass is 10.1. The quantitative estimate of drug-likeness (QED) is 0.123. The average molecular weight is 449 g/mol. The van der Waals surface area contributed by atoms with Gasteiger partial charge in [-0.2, -0.15) is 0 Å². The molecule has 0 rings (SSSR count). The van der Waals surface area contributed by atoms with Crippen molar-refractivity contribution in [2.75, 3.05) is 52.8 Å². The van der Waals surface area contributed by atoms with E-state index in [4.69, 9.17) is 23.7 Å². The van der Waals surface area contributed by atoms with Gasteiger partial charge in [0.1, 0.15) is 12.2 Å². The van der Waals surface area contributed by atoms with Crippen molar-refractivity contribution in [3.8, 4) is 0 Å². The zero-order valence-electron chi connectivity index (χ0n) is 19.4. The summed E-state index contributed by atoms with van der Waals surface area (Å²) in [5.74, 6) is 0.886. The van der Waals surface area contributed by atoms with Gasteiger partial charge in [-0.3, -0.25) is 4.99 Å². The highest BCUT2D eigenvalue weighted by Crippen LogP contribution is 2.16. The molecule has 0 aromatic rings. The molecule has 0 aliphatic heterocycles. The lowest BCUT2D eigenvalue weighted by Crippen LogP contribution is -2.34. The summed E-state index contributed by atoms with van der Waals surface area (Å²) in [5, 5.41) is 2.63. The molecule has 1 N–H and O–H groups in total. The number of nitrogens with one attached hydrogen (secondary N) is 1. The minimum absolute atomic E-state index is 0.338. The molecule has 8 nitrogen and oxygen atoms in total. The number of thiol groups is 1. The van der Waals surface area contributed by atoms with Gasteiger partial charge < -0.3 is 29.0 Å². The van der Waals surface area contributed by atoms with Gasteiger partial charge in [-0.25, -0.2) is 4.79 Å². The molecule has 9 heteroatoms. The largest absolute Gasteiger partial charge is 0.496 e. The van der Waals surface area contributed by atoms with Gasteiger partial charge in [0.25, 0.3) is 0 Å². The minimum Gasteiger partial charge on any atom is -0.496 e. The van der Waals surface area contributed by atoms with E-state index in [1.54, 1.807) is 0 Å². The molecule has 0 aliphatic carbocycles. The molecule has 0 saturated heterocycles. The molecule has 0 aliphatic rings. The van der Waals surface area contributed by atoms with E-state index in [-0.39, 0.29) is 5.54 Å². The molecule has 0 atom stereocenters. The Morgan fingerprint density at radius 2 is 1.47 bits per heavy atom. The van der Waals surface area contributed by atoms with E-state index in [0.717, 1.165) is 12.2 Å². The maximum absolute atomic E-state index is 11.4. The molecule has 0 aromatic carbocycles. The topological polar surface area (TPSA) is 87.6 Å². The average Bonchev–Trinajstić information content (AvgIpc) is 2.62. The van der Waals surface area contributed by atoms with Crippen molar-refractivity contribution in [3.05, 3.63) is 11.8 Å². The van der Waals surface area contributed by atoms with E-state index in [0.29, 0.717) is 52.8 Å². The van der Waals surface area contributed by atoms with Crippen LogP contribution in [0, 0.1) is 0 Å². The minimum atomic E-state index is -0.500. The van der Waals surface area contributed by atoms with Crippen molar-refractivity contribution >= 4 is 24.3 Å². The first-order valence-corrected chi connectivity index (χ1v) is 10.8. The van der Waals surface area contributed by atoms with E-state index >= 15 is 0 Å².